The molecule has 1 heterocycles. The molecule has 0 saturated heterocycles. The van der Waals surface area contributed by atoms with Crippen molar-refractivity contribution in [3.8, 4) is 17.2 Å². The number of hydrogen-bond donors (Lipinski definition) is 2. The van der Waals surface area contributed by atoms with Crippen LogP contribution in [-0.2, 0) is 4.79 Å². The standard InChI is InChI=1S/C24H22N2O5S/c1-29-19-7-2-16(3-8-19)24(28)26-17-4-9-20(10-5-17)32-15-23(27)25-18-6-11-21-22(14-18)31-13-12-30-21/h2-11,14H,12-13,15H2,1H3,(H,25,27)(H,26,28). The summed E-state index contributed by atoms with van der Waals surface area (Å²) in [5.41, 5.74) is 1.88. The number of hydrogen-bond acceptors (Lipinski definition) is 6. The van der Waals surface area contributed by atoms with Crippen LogP contribution in [0.25, 0.3) is 0 Å². The van der Waals surface area contributed by atoms with Crippen molar-refractivity contribution >= 4 is 35.0 Å². The third-order valence-electron chi connectivity index (χ3n) is 4.66. The number of amides is 2. The van der Waals surface area contributed by atoms with E-state index in [0.29, 0.717) is 47.4 Å². The smallest absolute Gasteiger partial charge is 0.255 e. The summed E-state index contributed by atoms with van der Waals surface area (Å²) in [4.78, 5) is 25.6. The molecule has 0 saturated carbocycles. The van der Waals surface area contributed by atoms with Crippen molar-refractivity contribution in [3.05, 3.63) is 72.3 Å². The largest absolute Gasteiger partial charge is 0.497 e. The zero-order valence-electron chi connectivity index (χ0n) is 17.4. The van der Waals surface area contributed by atoms with E-state index in [-0.39, 0.29) is 17.6 Å². The summed E-state index contributed by atoms with van der Waals surface area (Å²) < 4.78 is 16.1. The Bertz CT molecular complexity index is 1100. The summed E-state index contributed by atoms with van der Waals surface area (Å²) in [5.74, 6) is 1.94. The molecule has 8 heteroatoms. The number of methoxy groups -OCH3 is 1. The van der Waals surface area contributed by atoms with Crippen molar-refractivity contribution in [3.63, 3.8) is 0 Å². The maximum Gasteiger partial charge on any atom is 0.255 e. The maximum atomic E-state index is 12.4. The van der Waals surface area contributed by atoms with Gasteiger partial charge in [0.15, 0.2) is 11.5 Å². The van der Waals surface area contributed by atoms with E-state index in [1.165, 1.54) is 11.8 Å². The molecule has 1 aliphatic rings. The first-order chi connectivity index (χ1) is 15.6. The summed E-state index contributed by atoms with van der Waals surface area (Å²) in [6, 6.07) is 19.6. The molecule has 3 aromatic rings. The molecule has 3 aromatic carbocycles. The third-order valence-corrected chi connectivity index (χ3v) is 5.67. The Balaban J connectivity index is 1.27. The fourth-order valence-electron chi connectivity index (χ4n) is 3.05. The highest BCUT2D eigenvalue weighted by molar-refractivity contribution is 8.00. The zero-order chi connectivity index (χ0) is 22.3. The molecule has 0 fully saturated rings. The Morgan fingerprint density at radius 3 is 2.28 bits per heavy atom. The highest BCUT2D eigenvalue weighted by Crippen LogP contribution is 2.32. The van der Waals surface area contributed by atoms with Gasteiger partial charge >= 0.3 is 0 Å². The molecule has 0 spiro atoms. The number of ether oxygens (including phenoxy) is 3. The van der Waals surface area contributed by atoms with Crippen LogP contribution in [0.5, 0.6) is 17.2 Å². The zero-order valence-corrected chi connectivity index (χ0v) is 18.2. The topological polar surface area (TPSA) is 85.9 Å². The molecule has 0 aliphatic carbocycles. The fourth-order valence-corrected chi connectivity index (χ4v) is 3.75. The quantitative estimate of drug-likeness (QED) is 0.518. The first kappa shape index (κ1) is 21.6. The second-order valence-electron chi connectivity index (χ2n) is 6.90. The van der Waals surface area contributed by atoms with Gasteiger partial charge in [-0.3, -0.25) is 9.59 Å². The first-order valence-corrected chi connectivity index (χ1v) is 11.0. The lowest BCUT2D eigenvalue weighted by molar-refractivity contribution is -0.113. The van der Waals surface area contributed by atoms with E-state index in [9.17, 15) is 9.59 Å². The van der Waals surface area contributed by atoms with Crippen LogP contribution < -0.4 is 24.8 Å². The Morgan fingerprint density at radius 2 is 1.56 bits per heavy atom. The van der Waals surface area contributed by atoms with Gasteiger partial charge in [-0.1, -0.05) is 0 Å². The van der Waals surface area contributed by atoms with E-state index in [1.54, 1.807) is 49.6 Å². The Hall–Kier alpha value is -3.65. The normalized spacial score (nSPS) is 12.0. The molecule has 7 nitrogen and oxygen atoms in total. The van der Waals surface area contributed by atoms with Crippen molar-refractivity contribution < 1.29 is 23.8 Å². The SMILES string of the molecule is COc1ccc(C(=O)Nc2ccc(SCC(=O)Nc3ccc4c(c3)OCCO4)cc2)cc1. The van der Waals surface area contributed by atoms with Gasteiger partial charge in [-0.25, -0.2) is 0 Å². The lowest BCUT2D eigenvalue weighted by atomic mass is 10.2. The van der Waals surface area contributed by atoms with Gasteiger partial charge in [0, 0.05) is 27.9 Å². The minimum Gasteiger partial charge on any atom is -0.497 e. The number of rotatable bonds is 7. The molecular weight excluding hydrogens is 428 g/mol. The molecule has 0 bridgehead atoms. The number of nitrogens with one attached hydrogen (secondary N) is 2. The van der Waals surface area contributed by atoms with Gasteiger partial charge in [-0.2, -0.15) is 0 Å². The molecular formula is C24H22N2O5S. The Labute approximate surface area is 190 Å². The van der Waals surface area contributed by atoms with E-state index in [2.05, 4.69) is 10.6 Å². The lowest BCUT2D eigenvalue weighted by Crippen LogP contribution is -2.17. The van der Waals surface area contributed by atoms with Crippen molar-refractivity contribution in [2.45, 2.75) is 4.90 Å². The van der Waals surface area contributed by atoms with E-state index in [0.717, 1.165) is 4.90 Å². The number of carbonyl (C=O) groups is 2. The average molecular weight is 451 g/mol. The Kier molecular flexibility index (Phi) is 6.81. The van der Waals surface area contributed by atoms with Crippen LogP contribution in [0.3, 0.4) is 0 Å². The van der Waals surface area contributed by atoms with Crippen LogP contribution in [0.15, 0.2) is 71.6 Å². The van der Waals surface area contributed by atoms with Gasteiger partial charge in [-0.05, 0) is 60.7 Å². The van der Waals surface area contributed by atoms with Crippen LogP contribution in [0.1, 0.15) is 10.4 Å². The molecule has 4 rings (SSSR count). The van der Waals surface area contributed by atoms with Crippen LogP contribution in [0, 0.1) is 0 Å². The number of carbonyl (C=O) groups excluding carboxylic acids is 2. The van der Waals surface area contributed by atoms with E-state index in [4.69, 9.17) is 14.2 Å². The number of thioether (sulfide) groups is 1. The maximum absolute atomic E-state index is 12.4. The van der Waals surface area contributed by atoms with E-state index in [1.807, 2.05) is 24.3 Å². The minimum atomic E-state index is -0.202. The predicted octanol–water partition coefficient (Wildman–Crippen LogP) is 4.45. The third kappa shape index (κ3) is 5.53. The van der Waals surface area contributed by atoms with E-state index >= 15 is 0 Å². The summed E-state index contributed by atoms with van der Waals surface area (Å²) >= 11 is 1.41. The monoisotopic (exact) mass is 450 g/mol. The molecule has 164 valence electrons. The molecule has 0 aromatic heterocycles. The highest BCUT2D eigenvalue weighted by Gasteiger charge is 2.13. The van der Waals surface area contributed by atoms with Crippen LogP contribution in [0.4, 0.5) is 11.4 Å². The summed E-state index contributed by atoms with van der Waals surface area (Å²) in [7, 11) is 1.58. The van der Waals surface area contributed by atoms with E-state index < -0.39 is 0 Å². The Morgan fingerprint density at radius 1 is 0.875 bits per heavy atom. The van der Waals surface area contributed by atoms with Crippen molar-refractivity contribution in [1.82, 2.24) is 0 Å². The minimum absolute atomic E-state index is 0.122. The molecule has 32 heavy (non-hydrogen) atoms. The average Bonchev–Trinajstić information content (AvgIpc) is 2.83. The van der Waals surface area contributed by atoms with Crippen molar-refractivity contribution in [1.29, 1.82) is 0 Å². The summed E-state index contributed by atoms with van der Waals surface area (Å²) in [6.45, 7) is 1.02. The number of anilines is 2. The summed E-state index contributed by atoms with van der Waals surface area (Å²) in [5, 5.41) is 5.72. The van der Waals surface area contributed by atoms with Crippen LogP contribution in [-0.4, -0.2) is 37.9 Å². The van der Waals surface area contributed by atoms with Gasteiger partial charge in [-0.15, -0.1) is 11.8 Å². The lowest BCUT2D eigenvalue weighted by Gasteiger charge is -2.19. The second-order valence-corrected chi connectivity index (χ2v) is 7.95. The van der Waals surface area contributed by atoms with Gasteiger partial charge in [0.25, 0.3) is 5.91 Å². The first-order valence-electron chi connectivity index (χ1n) is 9.98. The van der Waals surface area contributed by atoms with Crippen LogP contribution >= 0.6 is 11.8 Å². The van der Waals surface area contributed by atoms with Gasteiger partial charge in [0.05, 0.1) is 12.9 Å². The predicted molar refractivity (Wildman–Crippen MR) is 124 cm³/mol. The summed E-state index contributed by atoms with van der Waals surface area (Å²) in [6.07, 6.45) is 0. The van der Waals surface area contributed by atoms with Gasteiger partial charge in [0.2, 0.25) is 5.91 Å². The molecule has 2 amide bonds. The molecule has 0 unspecified atom stereocenters. The van der Waals surface area contributed by atoms with Crippen molar-refractivity contribution in [2.24, 2.45) is 0 Å². The molecule has 0 atom stereocenters. The molecule has 1 aliphatic heterocycles. The number of benzene rings is 3. The molecule has 2 N–H and O–H groups in total. The van der Waals surface area contributed by atoms with Crippen molar-refractivity contribution in [2.75, 3.05) is 36.7 Å². The number of fused-ring (bicyclic) bond motifs is 1. The highest BCUT2D eigenvalue weighted by atomic mass is 32.2. The second kappa shape index (κ2) is 10.1. The van der Waals surface area contributed by atoms with Gasteiger partial charge < -0.3 is 24.8 Å². The molecule has 0 radical (unpaired) electrons. The van der Waals surface area contributed by atoms with Crippen LogP contribution in [0.2, 0.25) is 0 Å². The fraction of sp³-hybridized carbons (Fsp3) is 0.167. The van der Waals surface area contributed by atoms with Gasteiger partial charge in [0.1, 0.15) is 19.0 Å².